The number of rotatable bonds is 4. The van der Waals surface area contributed by atoms with Crippen LogP contribution in [0.4, 0.5) is 4.39 Å². The van der Waals surface area contributed by atoms with Gasteiger partial charge in [-0.2, -0.15) is 0 Å². The molecule has 1 aromatic rings. The second kappa shape index (κ2) is 5.76. The molecule has 3 nitrogen and oxygen atoms in total. The van der Waals surface area contributed by atoms with E-state index >= 15 is 0 Å². The summed E-state index contributed by atoms with van der Waals surface area (Å²) in [6.07, 6.45) is 7.41. The van der Waals surface area contributed by atoms with E-state index in [0.717, 1.165) is 12.6 Å². The highest BCUT2D eigenvalue weighted by Crippen LogP contribution is 1.97. The van der Waals surface area contributed by atoms with Crippen LogP contribution in [0.25, 0.3) is 0 Å². The van der Waals surface area contributed by atoms with Crippen LogP contribution in [0.5, 0.6) is 0 Å². The molecule has 1 N–H and O–H groups in total. The largest absolute Gasteiger partial charge is 0.351 e. The van der Waals surface area contributed by atoms with Crippen LogP contribution in [-0.2, 0) is 0 Å². The number of nitrogens with zero attached hydrogens (tertiary/aromatic N) is 1. The van der Waals surface area contributed by atoms with E-state index in [2.05, 4.69) is 16.2 Å². The summed E-state index contributed by atoms with van der Waals surface area (Å²) >= 11 is 0. The van der Waals surface area contributed by atoms with Gasteiger partial charge in [0.15, 0.2) is 0 Å². The molecule has 0 aliphatic carbocycles. The van der Waals surface area contributed by atoms with Gasteiger partial charge in [-0.15, -0.1) is 12.3 Å². The lowest BCUT2D eigenvalue weighted by atomic mass is 10.3. The Bertz CT molecular complexity index is 367. The molecule has 0 fully saturated rings. The van der Waals surface area contributed by atoms with Crippen molar-refractivity contribution in [2.45, 2.75) is 12.8 Å². The maximum atomic E-state index is 12.5. The third-order valence-corrected chi connectivity index (χ3v) is 1.74. The predicted octanol–water partition coefficient (Wildman–Crippen LogP) is 1.36. The fourth-order valence-corrected chi connectivity index (χ4v) is 0.993. The van der Waals surface area contributed by atoms with Gasteiger partial charge in [-0.05, 0) is 18.6 Å². The average molecular weight is 206 g/mol. The third-order valence-electron chi connectivity index (χ3n) is 1.74. The zero-order chi connectivity index (χ0) is 11.1. The minimum atomic E-state index is -0.459. The highest BCUT2D eigenvalue weighted by molar-refractivity contribution is 5.92. The second-order valence-corrected chi connectivity index (χ2v) is 2.93. The summed E-state index contributed by atoms with van der Waals surface area (Å²) in [4.78, 5) is 15.0. The van der Waals surface area contributed by atoms with Crippen molar-refractivity contribution in [1.29, 1.82) is 0 Å². The molecule has 1 aromatic heterocycles. The highest BCUT2D eigenvalue weighted by atomic mass is 19.1. The van der Waals surface area contributed by atoms with Crippen LogP contribution in [-0.4, -0.2) is 17.4 Å². The van der Waals surface area contributed by atoms with E-state index in [-0.39, 0.29) is 11.6 Å². The van der Waals surface area contributed by atoms with E-state index in [1.807, 2.05) is 0 Å². The van der Waals surface area contributed by atoms with Gasteiger partial charge >= 0.3 is 0 Å². The fourth-order valence-electron chi connectivity index (χ4n) is 0.993. The molecular weight excluding hydrogens is 195 g/mol. The number of halogens is 1. The van der Waals surface area contributed by atoms with Gasteiger partial charge in [0.25, 0.3) is 5.91 Å². The zero-order valence-electron chi connectivity index (χ0n) is 8.16. The molecular formula is C11H11FN2O. The SMILES string of the molecule is C#CCCCNC(=O)c1ccc(F)cn1. The van der Waals surface area contributed by atoms with E-state index < -0.39 is 5.82 Å². The number of aromatic nitrogens is 1. The number of hydrogen-bond donors (Lipinski definition) is 1. The van der Waals surface area contributed by atoms with Gasteiger partial charge in [0, 0.05) is 13.0 Å². The van der Waals surface area contributed by atoms with Gasteiger partial charge in [-0.25, -0.2) is 9.37 Å². The molecule has 4 heteroatoms. The van der Waals surface area contributed by atoms with Crippen LogP contribution < -0.4 is 5.32 Å². The summed E-state index contributed by atoms with van der Waals surface area (Å²) < 4.78 is 12.5. The van der Waals surface area contributed by atoms with Gasteiger partial charge in [0.2, 0.25) is 0 Å². The predicted molar refractivity (Wildman–Crippen MR) is 54.6 cm³/mol. The van der Waals surface area contributed by atoms with Crippen LogP contribution in [0.3, 0.4) is 0 Å². The Balaban J connectivity index is 2.41. The summed E-state index contributed by atoms with van der Waals surface area (Å²) in [5, 5.41) is 2.63. The lowest BCUT2D eigenvalue weighted by molar-refractivity contribution is 0.0948. The number of carbonyl (C=O) groups is 1. The Morgan fingerprint density at radius 3 is 3.00 bits per heavy atom. The maximum absolute atomic E-state index is 12.5. The Morgan fingerprint density at radius 1 is 1.60 bits per heavy atom. The molecule has 0 atom stereocenters. The zero-order valence-corrected chi connectivity index (χ0v) is 8.16. The first-order valence-corrected chi connectivity index (χ1v) is 4.57. The first-order valence-electron chi connectivity index (χ1n) is 4.57. The number of amides is 1. The molecule has 0 saturated carbocycles. The van der Waals surface area contributed by atoms with Gasteiger partial charge in [-0.3, -0.25) is 4.79 Å². The van der Waals surface area contributed by atoms with Crippen molar-refractivity contribution in [1.82, 2.24) is 10.3 Å². The molecule has 0 saturated heterocycles. The smallest absolute Gasteiger partial charge is 0.269 e. The Labute approximate surface area is 87.7 Å². The molecule has 78 valence electrons. The minimum Gasteiger partial charge on any atom is -0.351 e. The van der Waals surface area contributed by atoms with Crippen LogP contribution in [0.1, 0.15) is 23.3 Å². The fraction of sp³-hybridized carbons (Fsp3) is 0.273. The third kappa shape index (κ3) is 3.77. The van der Waals surface area contributed by atoms with E-state index in [4.69, 9.17) is 6.42 Å². The molecule has 15 heavy (non-hydrogen) atoms. The summed E-state index contributed by atoms with van der Waals surface area (Å²) in [6, 6.07) is 2.54. The first kappa shape index (κ1) is 11.2. The molecule has 1 heterocycles. The maximum Gasteiger partial charge on any atom is 0.269 e. The summed E-state index contributed by atoms with van der Waals surface area (Å²) in [6.45, 7) is 0.502. The van der Waals surface area contributed by atoms with Gasteiger partial charge in [-0.1, -0.05) is 0 Å². The molecule has 1 rings (SSSR count). The Kier molecular flexibility index (Phi) is 4.30. The lowest BCUT2D eigenvalue weighted by Gasteiger charge is -2.02. The van der Waals surface area contributed by atoms with Crippen molar-refractivity contribution in [3.05, 3.63) is 29.8 Å². The van der Waals surface area contributed by atoms with Crippen LogP contribution in [0, 0.1) is 18.2 Å². The number of pyridine rings is 1. The number of hydrogen-bond acceptors (Lipinski definition) is 2. The van der Waals surface area contributed by atoms with Crippen molar-refractivity contribution in [2.75, 3.05) is 6.54 Å². The molecule has 0 spiro atoms. The Morgan fingerprint density at radius 2 is 2.40 bits per heavy atom. The van der Waals surface area contributed by atoms with Crippen molar-refractivity contribution < 1.29 is 9.18 Å². The monoisotopic (exact) mass is 206 g/mol. The van der Waals surface area contributed by atoms with E-state index in [9.17, 15) is 9.18 Å². The quantitative estimate of drug-likeness (QED) is 0.597. The minimum absolute atomic E-state index is 0.206. The second-order valence-electron chi connectivity index (χ2n) is 2.93. The van der Waals surface area contributed by atoms with Crippen molar-refractivity contribution in [3.8, 4) is 12.3 Å². The molecule has 0 unspecified atom stereocenters. The van der Waals surface area contributed by atoms with Crippen LogP contribution >= 0.6 is 0 Å². The molecule has 0 aromatic carbocycles. The number of carbonyl (C=O) groups excluding carboxylic acids is 1. The average Bonchev–Trinajstić information content (AvgIpc) is 2.25. The van der Waals surface area contributed by atoms with Crippen molar-refractivity contribution >= 4 is 5.91 Å². The molecule has 1 amide bonds. The number of terminal acetylenes is 1. The first-order chi connectivity index (χ1) is 7.24. The summed E-state index contributed by atoms with van der Waals surface area (Å²) in [5.74, 6) is 1.70. The van der Waals surface area contributed by atoms with E-state index in [1.165, 1.54) is 12.1 Å². The molecule has 0 radical (unpaired) electrons. The lowest BCUT2D eigenvalue weighted by Crippen LogP contribution is -2.25. The van der Waals surface area contributed by atoms with E-state index in [1.54, 1.807) is 0 Å². The standard InChI is InChI=1S/C11H11FN2O/c1-2-3-4-7-13-11(15)10-6-5-9(12)8-14-10/h1,5-6,8H,3-4,7H2,(H,13,15). The van der Waals surface area contributed by atoms with Crippen LogP contribution in [0.2, 0.25) is 0 Å². The summed E-state index contributed by atoms with van der Waals surface area (Å²) in [5.41, 5.74) is 0.206. The van der Waals surface area contributed by atoms with Gasteiger partial charge in [0.05, 0.1) is 6.20 Å². The van der Waals surface area contributed by atoms with Crippen LogP contribution in [0.15, 0.2) is 18.3 Å². The van der Waals surface area contributed by atoms with Crippen molar-refractivity contribution in [3.63, 3.8) is 0 Å². The molecule has 0 bridgehead atoms. The normalized spacial score (nSPS) is 9.33. The van der Waals surface area contributed by atoms with E-state index in [0.29, 0.717) is 13.0 Å². The topological polar surface area (TPSA) is 42.0 Å². The number of unbranched alkanes of at least 4 members (excludes halogenated alkanes) is 1. The molecule has 0 aliphatic rings. The van der Waals surface area contributed by atoms with Gasteiger partial charge < -0.3 is 5.32 Å². The Hall–Kier alpha value is -1.89. The highest BCUT2D eigenvalue weighted by Gasteiger charge is 2.05. The van der Waals surface area contributed by atoms with Gasteiger partial charge in [0.1, 0.15) is 11.5 Å². The summed E-state index contributed by atoms with van der Waals surface area (Å²) in [7, 11) is 0. The molecule has 0 aliphatic heterocycles. The number of nitrogens with one attached hydrogen (secondary N) is 1. The van der Waals surface area contributed by atoms with Crippen molar-refractivity contribution in [2.24, 2.45) is 0 Å².